The van der Waals surface area contributed by atoms with E-state index in [1.165, 1.54) is 0 Å². The Morgan fingerprint density at radius 1 is 1.47 bits per heavy atom. The number of aliphatic hydroxyl groups excluding tert-OH is 2. The Hall–Kier alpha value is -0.785. The van der Waals surface area contributed by atoms with E-state index < -0.39 is 42.7 Å². The first kappa shape index (κ1) is 14.3. The fourth-order valence-corrected chi connectivity index (χ4v) is 1.44. The van der Waals surface area contributed by atoms with Gasteiger partial charge in [-0.2, -0.15) is 0 Å². The largest absolute Gasteiger partial charge is 0.509 e. The molecule has 1 aliphatic rings. The number of aliphatic hydroxyl groups is 2. The third-order valence-electron chi connectivity index (χ3n) is 2.18. The molecule has 0 aromatic carbocycles. The quantitative estimate of drug-likeness (QED) is 0.505. The number of carbonyl (C=O) groups is 1. The van der Waals surface area contributed by atoms with Crippen molar-refractivity contribution >= 4 is 14.0 Å². The second kappa shape index (κ2) is 5.24. The molecule has 0 amide bonds. The minimum atomic E-state index is -1.16. The molecule has 0 aromatic heterocycles. The van der Waals surface area contributed by atoms with Crippen molar-refractivity contribution in [3.05, 3.63) is 0 Å². The van der Waals surface area contributed by atoms with Gasteiger partial charge in [-0.3, -0.25) is 0 Å². The molecule has 17 heavy (non-hydrogen) atoms. The van der Waals surface area contributed by atoms with Crippen molar-refractivity contribution in [2.75, 3.05) is 6.61 Å². The molecule has 1 fully saturated rings. The normalized spacial score (nSPS) is 33.5. The summed E-state index contributed by atoms with van der Waals surface area (Å²) in [5.74, 6) is 0. The molecule has 2 radical (unpaired) electrons. The molecule has 0 spiro atoms. The molecular formula is C10H17BO6. The van der Waals surface area contributed by atoms with Gasteiger partial charge in [0.2, 0.25) is 0 Å². The zero-order chi connectivity index (χ0) is 13.2. The molecule has 7 heteroatoms. The zero-order valence-corrected chi connectivity index (χ0v) is 10.1. The first-order chi connectivity index (χ1) is 7.74. The molecule has 1 saturated heterocycles. The predicted molar refractivity (Wildman–Crippen MR) is 58.6 cm³/mol. The van der Waals surface area contributed by atoms with Crippen LogP contribution >= 0.6 is 0 Å². The smallest absolute Gasteiger partial charge is 0.429 e. The minimum Gasteiger partial charge on any atom is -0.429 e. The zero-order valence-electron chi connectivity index (χ0n) is 10.1. The van der Waals surface area contributed by atoms with Gasteiger partial charge in [0.1, 0.15) is 25.7 Å². The first-order valence-electron chi connectivity index (χ1n) is 5.34. The molecule has 1 heterocycles. The lowest BCUT2D eigenvalue weighted by atomic mass is 9.93. The van der Waals surface area contributed by atoms with Crippen molar-refractivity contribution in [1.82, 2.24) is 0 Å². The maximum Gasteiger partial charge on any atom is 0.509 e. The van der Waals surface area contributed by atoms with Gasteiger partial charge in [-0.25, -0.2) is 4.79 Å². The second-order valence-electron chi connectivity index (χ2n) is 4.86. The summed E-state index contributed by atoms with van der Waals surface area (Å²) in [4.78, 5) is 11.4. The number of carbonyl (C=O) groups excluding carboxylic acids is 1. The third kappa shape index (κ3) is 3.87. The predicted octanol–water partition coefficient (Wildman–Crippen LogP) is -0.447. The Morgan fingerprint density at radius 3 is 2.47 bits per heavy atom. The molecule has 96 valence electrons. The van der Waals surface area contributed by atoms with Crippen molar-refractivity contribution in [2.24, 2.45) is 0 Å². The van der Waals surface area contributed by atoms with Crippen LogP contribution in [0.25, 0.3) is 0 Å². The summed E-state index contributed by atoms with van der Waals surface area (Å²) in [6, 6.07) is -0.977. The molecule has 4 atom stereocenters. The third-order valence-corrected chi connectivity index (χ3v) is 2.18. The molecule has 0 aromatic rings. The van der Waals surface area contributed by atoms with E-state index in [2.05, 4.69) is 0 Å². The topological polar surface area (TPSA) is 85.2 Å². The summed E-state index contributed by atoms with van der Waals surface area (Å²) >= 11 is 0. The van der Waals surface area contributed by atoms with Gasteiger partial charge in [-0.05, 0) is 20.8 Å². The van der Waals surface area contributed by atoms with E-state index in [0.717, 1.165) is 0 Å². The lowest BCUT2D eigenvalue weighted by Crippen LogP contribution is -2.39. The molecule has 6 nitrogen and oxygen atoms in total. The summed E-state index contributed by atoms with van der Waals surface area (Å²) in [6.07, 6.45) is -3.99. The Morgan fingerprint density at radius 2 is 2.06 bits per heavy atom. The molecule has 0 bridgehead atoms. The highest BCUT2D eigenvalue weighted by molar-refractivity contribution is 6.11. The van der Waals surface area contributed by atoms with Crippen molar-refractivity contribution in [1.29, 1.82) is 0 Å². The van der Waals surface area contributed by atoms with Crippen molar-refractivity contribution in [3.8, 4) is 0 Å². The van der Waals surface area contributed by atoms with Crippen LogP contribution in [0.4, 0.5) is 4.79 Å². The molecule has 2 N–H and O–H groups in total. The van der Waals surface area contributed by atoms with Crippen LogP contribution in [0.5, 0.6) is 0 Å². The van der Waals surface area contributed by atoms with E-state index >= 15 is 0 Å². The fourth-order valence-electron chi connectivity index (χ4n) is 1.44. The van der Waals surface area contributed by atoms with Crippen molar-refractivity contribution in [3.63, 3.8) is 0 Å². The van der Waals surface area contributed by atoms with Gasteiger partial charge in [0.05, 0.1) is 12.6 Å². The SMILES string of the molecule is [B][C@@H]1O[C@H](CO)[C@H](O)C1OC(=O)OC(C)(C)C. The summed E-state index contributed by atoms with van der Waals surface area (Å²) in [5.41, 5.74) is -0.692. The highest BCUT2D eigenvalue weighted by Gasteiger charge is 2.43. The van der Waals surface area contributed by atoms with Crippen LogP contribution in [0.3, 0.4) is 0 Å². The minimum absolute atomic E-state index is 0.400. The summed E-state index contributed by atoms with van der Waals surface area (Å²) in [5, 5.41) is 18.5. The Labute approximate surface area is 101 Å². The van der Waals surface area contributed by atoms with Crippen LogP contribution in [-0.2, 0) is 14.2 Å². The second-order valence-corrected chi connectivity index (χ2v) is 4.86. The lowest BCUT2D eigenvalue weighted by molar-refractivity contribution is -0.0529. The van der Waals surface area contributed by atoms with Gasteiger partial charge in [-0.15, -0.1) is 0 Å². The molecule has 1 aliphatic heterocycles. The lowest BCUT2D eigenvalue weighted by Gasteiger charge is -2.23. The molecule has 0 saturated carbocycles. The molecular weight excluding hydrogens is 227 g/mol. The van der Waals surface area contributed by atoms with Gasteiger partial charge in [0, 0.05) is 0 Å². The number of hydrogen-bond acceptors (Lipinski definition) is 6. The molecule has 0 aliphatic carbocycles. The van der Waals surface area contributed by atoms with Crippen LogP contribution in [0.2, 0.25) is 0 Å². The van der Waals surface area contributed by atoms with Gasteiger partial charge in [0.15, 0.2) is 6.10 Å². The van der Waals surface area contributed by atoms with Crippen LogP contribution in [0.1, 0.15) is 20.8 Å². The number of hydrogen-bond donors (Lipinski definition) is 2. The van der Waals surface area contributed by atoms with Crippen molar-refractivity contribution < 1.29 is 29.2 Å². The number of ether oxygens (including phenoxy) is 3. The van der Waals surface area contributed by atoms with E-state index in [0.29, 0.717) is 0 Å². The average molecular weight is 244 g/mol. The Bertz CT molecular complexity index is 276. The van der Waals surface area contributed by atoms with Crippen LogP contribution in [0.15, 0.2) is 0 Å². The van der Waals surface area contributed by atoms with Crippen LogP contribution < -0.4 is 0 Å². The van der Waals surface area contributed by atoms with E-state index in [9.17, 15) is 9.90 Å². The standard InChI is InChI=1S/C10H17BO6/c1-10(2,3)17-9(14)16-7-6(13)5(4-12)15-8(7)11/h5-8,12-13H,4H2,1-3H3/t5-,6+,7?,8-/m1/s1. The molecule has 1 rings (SSSR count). The van der Waals surface area contributed by atoms with Gasteiger partial charge in [-0.1, -0.05) is 0 Å². The van der Waals surface area contributed by atoms with Gasteiger partial charge >= 0.3 is 6.16 Å². The first-order valence-corrected chi connectivity index (χ1v) is 5.34. The Kier molecular flexibility index (Phi) is 4.40. The Balaban J connectivity index is 2.54. The summed E-state index contributed by atoms with van der Waals surface area (Å²) in [7, 11) is 5.52. The maximum atomic E-state index is 11.4. The maximum absolute atomic E-state index is 11.4. The van der Waals surface area contributed by atoms with Crippen molar-refractivity contribution in [2.45, 2.75) is 50.7 Å². The van der Waals surface area contributed by atoms with Gasteiger partial charge < -0.3 is 24.4 Å². The molecule has 1 unspecified atom stereocenters. The summed E-state index contributed by atoms with van der Waals surface area (Å²) < 4.78 is 14.8. The van der Waals surface area contributed by atoms with Crippen LogP contribution in [0, 0.1) is 0 Å². The average Bonchev–Trinajstić information content (AvgIpc) is 2.42. The van der Waals surface area contributed by atoms with E-state index in [1.54, 1.807) is 20.8 Å². The van der Waals surface area contributed by atoms with Crippen LogP contribution in [-0.4, -0.2) is 60.7 Å². The van der Waals surface area contributed by atoms with E-state index in [1.807, 2.05) is 0 Å². The summed E-state index contributed by atoms with van der Waals surface area (Å²) in [6.45, 7) is 4.66. The highest BCUT2D eigenvalue weighted by atomic mass is 16.7. The van der Waals surface area contributed by atoms with E-state index in [4.69, 9.17) is 27.2 Å². The fraction of sp³-hybridized carbons (Fsp3) is 0.900. The number of rotatable bonds is 2. The monoisotopic (exact) mass is 244 g/mol. The van der Waals surface area contributed by atoms with Gasteiger partial charge in [0.25, 0.3) is 0 Å². The highest BCUT2D eigenvalue weighted by Crippen LogP contribution is 2.23. The van der Waals surface area contributed by atoms with E-state index in [-0.39, 0.29) is 0 Å².